The molecule has 0 fully saturated rings. The molecule has 0 aliphatic carbocycles. The summed E-state index contributed by atoms with van der Waals surface area (Å²) >= 11 is 0. The summed E-state index contributed by atoms with van der Waals surface area (Å²) < 4.78 is 7.16. The number of nitrogens with one attached hydrogen (secondary N) is 1. The molecule has 7 nitrogen and oxygen atoms in total. The minimum absolute atomic E-state index is 0. The smallest absolute Gasteiger partial charge is 1.00 e. The maximum absolute atomic E-state index is 11.5. The predicted octanol–water partition coefficient (Wildman–Crippen LogP) is -3.32. The van der Waals surface area contributed by atoms with Gasteiger partial charge in [0.25, 0.3) is 5.56 Å². The largest absolute Gasteiger partial charge is 1.00 e. The van der Waals surface area contributed by atoms with Crippen LogP contribution in [0.4, 0.5) is 0 Å². The molecule has 0 unspecified atom stereocenters. The Morgan fingerprint density at radius 1 is 1.50 bits per heavy atom. The Morgan fingerprint density at radius 3 is 3.06 bits per heavy atom. The molecule has 1 aliphatic rings. The van der Waals surface area contributed by atoms with E-state index in [1.165, 1.54) is 12.7 Å². The van der Waals surface area contributed by atoms with Crippen LogP contribution in [0.15, 0.2) is 29.6 Å². The molecular formula is C10H11N4NaO3. The second kappa shape index (κ2) is 5.33. The zero-order valence-electron chi connectivity index (χ0n) is 10.8. The number of aliphatic hydroxyl groups is 1. The number of aromatic amines is 1. The standard InChI is InChI=1S/C10H10N4O3.Na.H/c15-3-6-1-2-7(17-6)14-5-13-8-9(14)11-4-12-10(8)16;;/h1-2,4-7,15H,3H2,(H,11,12,16);;/q;+1;-1/t6-,7+;;/m0../s1. The van der Waals surface area contributed by atoms with Gasteiger partial charge in [-0.05, 0) is 6.08 Å². The fourth-order valence-corrected chi connectivity index (χ4v) is 1.80. The van der Waals surface area contributed by atoms with Gasteiger partial charge in [-0.25, -0.2) is 9.97 Å². The Kier molecular flexibility index (Phi) is 3.98. The van der Waals surface area contributed by atoms with Gasteiger partial charge in [-0.1, -0.05) is 6.08 Å². The molecule has 3 rings (SSSR count). The molecule has 0 spiro atoms. The third-order valence-electron chi connectivity index (χ3n) is 2.62. The molecule has 0 amide bonds. The number of hydrogen-bond acceptors (Lipinski definition) is 5. The second-order valence-electron chi connectivity index (χ2n) is 3.69. The summed E-state index contributed by atoms with van der Waals surface area (Å²) in [6, 6.07) is 0. The first-order valence-corrected chi connectivity index (χ1v) is 5.14. The molecule has 2 aromatic heterocycles. The maximum Gasteiger partial charge on any atom is 1.00 e. The van der Waals surface area contributed by atoms with Crippen molar-refractivity contribution in [2.24, 2.45) is 0 Å². The van der Waals surface area contributed by atoms with Crippen molar-refractivity contribution in [2.75, 3.05) is 6.61 Å². The second-order valence-corrected chi connectivity index (χ2v) is 3.69. The van der Waals surface area contributed by atoms with Gasteiger partial charge in [-0.2, -0.15) is 0 Å². The van der Waals surface area contributed by atoms with Gasteiger partial charge in [0.15, 0.2) is 17.4 Å². The zero-order valence-corrected chi connectivity index (χ0v) is 11.8. The fourth-order valence-electron chi connectivity index (χ4n) is 1.80. The fraction of sp³-hybridized carbons (Fsp3) is 0.300. The van der Waals surface area contributed by atoms with E-state index in [0.29, 0.717) is 5.65 Å². The van der Waals surface area contributed by atoms with Gasteiger partial charge < -0.3 is 16.3 Å². The number of aliphatic hydroxyl groups excluding tert-OH is 1. The molecule has 1 aliphatic heterocycles. The van der Waals surface area contributed by atoms with Crippen molar-refractivity contribution >= 4 is 11.2 Å². The summed E-state index contributed by atoms with van der Waals surface area (Å²) in [7, 11) is 0. The molecular weight excluding hydrogens is 247 g/mol. The topological polar surface area (TPSA) is 93.0 Å². The third kappa shape index (κ3) is 2.15. The number of nitrogens with zero attached hydrogens (tertiary/aromatic N) is 3. The van der Waals surface area contributed by atoms with E-state index in [-0.39, 0.29) is 61.0 Å². The molecule has 0 bridgehead atoms. The van der Waals surface area contributed by atoms with E-state index >= 15 is 0 Å². The Bertz CT molecular complexity index is 641. The number of fused-ring (bicyclic) bond motifs is 1. The first-order chi connectivity index (χ1) is 8.29. The van der Waals surface area contributed by atoms with E-state index in [4.69, 9.17) is 9.84 Å². The summed E-state index contributed by atoms with van der Waals surface area (Å²) in [6.07, 6.45) is 5.69. The van der Waals surface area contributed by atoms with Gasteiger partial charge in [-0.15, -0.1) is 0 Å². The van der Waals surface area contributed by atoms with Crippen LogP contribution in [0.1, 0.15) is 7.65 Å². The van der Waals surface area contributed by atoms with Crippen LogP contribution < -0.4 is 35.1 Å². The summed E-state index contributed by atoms with van der Waals surface area (Å²) in [5.74, 6) is 0. The predicted molar refractivity (Wildman–Crippen MR) is 59.4 cm³/mol. The number of imidazole rings is 1. The summed E-state index contributed by atoms with van der Waals surface area (Å²) in [5, 5.41) is 8.97. The van der Waals surface area contributed by atoms with Crippen molar-refractivity contribution in [3.8, 4) is 0 Å². The van der Waals surface area contributed by atoms with Gasteiger partial charge in [-0.3, -0.25) is 9.36 Å². The van der Waals surface area contributed by atoms with Gasteiger partial charge in [0, 0.05) is 0 Å². The van der Waals surface area contributed by atoms with Crippen LogP contribution in [0.25, 0.3) is 11.2 Å². The number of ether oxygens (including phenoxy) is 1. The third-order valence-corrected chi connectivity index (χ3v) is 2.62. The SMILES string of the molecule is O=c1[nH]cnc2c1ncn2[C@H]1C=C[C@@H](CO)O1.[H-].[Na+]. The molecule has 0 saturated carbocycles. The Balaban J connectivity index is 0.000000902. The van der Waals surface area contributed by atoms with E-state index in [1.807, 2.05) is 0 Å². The summed E-state index contributed by atoms with van der Waals surface area (Å²) in [4.78, 5) is 22.0. The van der Waals surface area contributed by atoms with Crippen LogP contribution in [0.5, 0.6) is 0 Å². The van der Waals surface area contributed by atoms with Crippen LogP contribution >= 0.6 is 0 Å². The normalized spacial score (nSPS) is 22.3. The van der Waals surface area contributed by atoms with E-state index in [0.717, 1.165) is 0 Å². The van der Waals surface area contributed by atoms with Crippen molar-refractivity contribution in [2.45, 2.75) is 12.3 Å². The van der Waals surface area contributed by atoms with E-state index in [1.54, 1.807) is 16.7 Å². The van der Waals surface area contributed by atoms with Crippen LogP contribution in [-0.4, -0.2) is 37.3 Å². The molecule has 2 N–H and O–H groups in total. The zero-order chi connectivity index (χ0) is 11.8. The molecule has 0 aromatic carbocycles. The van der Waals surface area contributed by atoms with Gasteiger partial charge >= 0.3 is 29.6 Å². The van der Waals surface area contributed by atoms with E-state index < -0.39 is 0 Å². The molecule has 0 radical (unpaired) electrons. The quantitative estimate of drug-likeness (QED) is 0.434. The molecule has 90 valence electrons. The van der Waals surface area contributed by atoms with Gasteiger partial charge in [0.1, 0.15) is 6.10 Å². The number of aromatic nitrogens is 4. The van der Waals surface area contributed by atoms with Gasteiger partial charge in [0.05, 0.1) is 19.3 Å². The summed E-state index contributed by atoms with van der Waals surface area (Å²) in [6.45, 7) is -0.0758. The van der Waals surface area contributed by atoms with Crippen LogP contribution in [0, 0.1) is 0 Å². The Labute approximate surface area is 125 Å². The van der Waals surface area contributed by atoms with Gasteiger partial charge in [0.2, 0.25) is 0 Å². The van der Waals surface area contributed by atoms with E-state index in [9.17, 15) is 4.79 Å². The first kappa shape index (κ1) is 13.4. The van der Waals surface area contributed by atoms with Crippen LogP contribution in [-0.2, 0) is 4.74 Å². The van der Waals surface area contributed by atoms with Crippen molar-refractivity contribution in [3.05, 3.63) is 35.2 Å². The molecule has 0 saturated heterocycles. The Morgan fingerprint density at radius 2 is 2.33 bits per heavy atom. The average molecular weight is 258 g/mol. The van der Waals surface area contributed by atoms with E-state index in [2.05, 4.69) is 15.0 Å². The monoisotopic (exact) mass is 258 g/mol. The molecule has 2 atom stereocenters. The van der Waals surface area contributed by atoms with Crippen molar-refractivity contribution in [1.82, 2.24) is 19.5 Å². The molecule has 18 heavy (non-hydrogen) atoms. The molecule has 3 heterocycles. The minimum Gasteiger partial charge on any atom is -1.00 e. The number of hydrogen-bond donors (Lipinski definition) is 2. The number of H-pyrrole nitrogens is 1. The van der Waals surface area contributed by atoms with Crippen molar-refractivity contribution in [1.29, 1.82) is 0 Å². The average Bonchev–Trinajstić information content (AvgIpc) is 2.94. The van der Waals surface area contributed by atoms with Crippen molar-refractivity contribution < 1.29 is 40.8 Å². The molecule has 8 heteroatoms. The molecule has 2 aromatic rings. The van der Waals surface area contributed by atoms with Crippen molar-refractivity contribution in [3.63, 3.8) is 0 Å². The van der Waals surface area contributed by atoms with Crippen LogP contribution in [0.2, 0.25) is 0 Å². The first-order valence-electron chi connectivity index (χ1n) is 5.14. The maximum atomic E-state index is 11.5. The van der Waals surface area contributed by atoms with Crippen LogP contribution in [0.3, 0.4) is 0 Å². The summed E-state index contributed by atoms with van der Waals surface area (Å²) in [5.41, 5.74) is 0.452. The Hall–Kier alpha value is -0.990. The minimum atomic E-state index is -0.383. The number of rotatable bonds is 2.